The second kappa shape index (κ2) is 16.7. The molecule has 3 rings (SSSR count). The van der Waals surface area contributed by atoms with Crippen LogP contribution in [0, 0.1) is 46.6 Å². The van der Waals surface area contributed by atoms with E-state index in [4.69, 9.17) is 13.8 Å². The van der Waals surface area contributed by atoms with Crippen LogP contribution in [-0.4, -0.2) is 18.6 Å². The van der Waals surface area contributed by atoms with E-state index in [0.717, 1.165) is 50.7 Å². The summed E-state index contributed by atoms with van der Waals surface area (Å²) in [6.45, 7) is 3.92. The first-order valence-electron chi connectivity index (χ1n) is 14.3. The molecular weight excluding hydrogens is 630 g/mol. The highest BCUT2D eigenvalue weighted by atomic mass is 31.2. The Bertz CT molecular complexity index is 1440. The van der Waals surface area contributed by atoms with Gasteiger partial charge >= 0.3 is 13.7 Å². The third-order valence-electron chi connectivity index (χ3n) is 6.70. The number of esters is 1. The van der Waals surface area contributed by atoms with Crippen molar-refractivity contribution in [3.05, 3.63) is 94.8 Å². The highest BCUT2D eigenvalue weighted by Crippen LogP contribution is 2.48. The molecule has 0 spiro atoms. The molecule has 14 heteroatoms. The largest absolute Gasteiger partial charge is 0.513 e. The van der Waals surface area contributed by atoms with E-state index in [1.54, 1.807) is 0 Å². The summed E-state index contributed by atoms with van der Waals surface area (Å²) >= 11 is 0. The highest BCUT2D eigenvalue weighted by molar-refractivity contribution is 7.52. The number of halogens is 7. The molecule has 1 N–H and O–H groups in total. The number of rotatable bonds is 17. The van der Waals surface area contributed by atoms with E-state index in [1.165, 1.54) is 30.3 Å². The predicted octanol–water partition coefficient (Wildman–Crippen LogP) is 8.97. The van der Waals surface area contributed by atoms with Crippen LogP contribution in [0.4, 0.5) is 30.7 Å². The monoisotopic (exact) mass is 663 g/mol. The molecule has 0 saturated heterocycles. The van der Waals surface area contributed by atoms with E-state index >= 15 is 0 Å². The molecule has 0 aliphatic rings. The Morgan fingerprint density at radius 1 is 0.778 bits per heavy atom. The zero-order valence-corrected chi connectivity index (χ0v) is 25.5. The normalized spacial score (nSPS) is 13.4. The van der Waals surface area contributed by atoms with Crippen molar-refractivity contribution in [1.82, 2.24) is 5.09 Å². The van der Waals surface area contributed by atoms with Gasteiger partial charge in [-0.3, -0.25) is 4.79 Å². The number of unbranched alkanes of at least 4 members (excludes halogenated alkanes) is 2. The number of benzene rings is 3. The quantitative estimate of drug-likeness (QED) is 0.0511. The molecule has 0 aromatic heterocycles. The number of ether oxygens (including phenoxy) is 1. The maximum absolute atomic E-state index is 14.6. The zero-order chi connectivity index (χ0) is 33.1. The summed E-state index contributed by atoms with van der Waals surface area (Å²) in [7, 11) is -5.30. The van der Waals surface area contributed by atoms with Gasteiger partial charge in [0.25, 0.3) is 0 Å². The van der Waals surface area contributed by atoms with Gasteiger partial charge in [0.2, 0.25) is 34.8 Å². The topological polar surface area (TPSA) is 73.9 Å². The number of hydrogen-bond acceptors (Lipinski definition) is 5. The standard InChI is InChI=1S/C31H33F7NO5P/c1-3-5-10-19(11-6-4-2)18-42-31(40)24(16-20-14-21(32)17-22(33)15-20)39-45(41,43-23-12-8-7-9-13-23)44-30-28(37)26(35)25(34)27(36)29(30)38/h7-9,12-15,17,19,24H,3-6,10-11,16,18H2,1-2H3,(H,39,41)/t24-,45?/m0/s1. The molecule has 0 radical (unpaired) electrons. The molecule has 6 nitrogen and oxygen atoms in total. The predicted molar refractivity (Wildman–Crippen MR) is 152 cm³/mol. The summed E-state index contributed by atoms with van der Waals surface area (Å²) in [5, 5.41) is 2.15. The Morgan fingerprint density at radius 3 is 1.84 bits per heavy atom. The molecule has 0 aliphatic carbocycles. The van der Waals surface area contributed by atoms with Crippen LogP contribution in [0.3, 0.4) is 0 Å². The van der Waals surface area contributed by atoms with Crippen LogP contribution in [0.15, 0.2) is 48.5 Å². The number of carbonyl (C=O) groups is 1. The fourth-order valence-electron chi connectivity index (χ4n) is 4.41. The Hall–Kier alpha value is -3.57. The van der Waals surface area contributed by atoms with Crippen LogP contribution >= 0.6 is 7.75 Å². The number of nitrogens with one attached hydrogen (secondary N) is 1. The van der Waals surface area contributed by atoms with Crippen LogP contribution in [-0.2, 0) is 20.5 Å². The second-order valence-electron chi connectivity index (χ2n) is 10.3. The molecule has 0 aliphatic heterocycles. The van der Waals surface area contributed by atoms with Gasteiger partial charge in [-0.15, -0.1) is 0 Å². The molecule has 45 heavy (non-hydrogen) atoms. The van der Waals surface area contributed by atoms with Crippen LogP contribution in [0.5, 0.6) is 11.5 Å². The van der Waals surface area contributed by atoms with Crippen molar-refractivity contribution in [1.29, 1.82) is 0 Å². The van der Waals surface area contributed by atoms with Gasteiger partial charge in [-0.25, -0.2) is 26.5 Å². The summed E-state index contributed by atoms with van der Waals surface area (Å²) in [5.74, 6) is -17.5. The van der Waals surface area contributed by atoms with Crippen molar-refractivity contribution in [2.24, 2.45) is 5.92 Å². The van der Waals surface area contributed by atoms with Crippen LogP contribution in [0.25, 0.3) is 0 Å². The van der Waals surface area contributed by atoms with E-state index in [1.807, 2.05) is 13.8 Å². The first-order valence-corrected chi connectivity index (χ1v) is 15.9. The van der Waals surface area contributed by atoms with E-state index < -0.39 is 72.6 Å². The molecular formula is C31H33F7NO5P. The van der Waals surface area contributed by atoms with E-state index in [9.17, 15) is 40.1 Å². The van der Waals surface area contributed by atoms with Crippen LogP contribution in [0.1, 0.15) is 57.9 Å². The van der Waals surface area contributed by atoms with E-state index in [2.05, 4.69) is 5.09 Å². The average Bonchev–Trinajstić information content (AvgIpc) is 3.00. The van der Waals surface area contributed by atoms with Crippen molar-refractivity contribution >= 4 is 13.7 Å². The summed E-state index contributed by atoms with van der Waals surface area (Å²) in [5.41, 5.74) is -0.127. The number of carbonyl (C=O) groups excluding carboxylic acids is 1. The Labute approximate surface area is 256 Å². The van der Waals surface area contributed by atoms with Gasteiger partial charge in [-0.1, -0.05) is 57.7 Å². The minimum Gasteiger partial charge on any atom is -0.464 e. The van der Waals surface area contributed by atoms with Crippen molar-refractivity contribution in [3.8, 4) is 11.5 Å². The molecule has 0 heterocycles. The lowest BCUT2D eigenvalue weighted by Gasteiger charge is -2.26. The van der Waals surface area contributed by atoms with E-state index in [-0.39, 0.29) is 23.8 Å². The lowest BCUT2D eigenvalue weighted by atomic mass is 9.97. The van der Waals surface area contributed by atoms with Gasteiger partial charge < -0.3 is 13.8 Å². The summed E-state index contributed by atoms with van der Waals surface area (Å²) in [4.78, 5) is 13.4. The molecule has 1 unspecified atom stereocenters. The average molecular weight is 664 g/mol. The summed E-state index contributed by atoms with van der Waals surface area (Å²) in [6.07, 6.45) is 4.34. The molecule has 246 valence electrons. The highest BCUT2D eigenvalue weighted by Gasteiger charge is 2.40. The van der Waals surface area contributed by atoms with Gasteiger partial charge in [0.1, 0.15) is 23.4 Å². The third-order valence-corrected chi connectivity index (χ3v) is 8.21. The van der Waals surface area contributed by atoms with Gasteiger partial charge in [0, 0.05) is 6.07 Å². The molecule has 0 fully saturated rings. The lowest BCUT2D eigenvalue weighted by Crippen LogP contribution is -2.40. The lowest BCUT2D eigenvalue weighted by molar-refractivity contribution is -0.147. The van der Waals surface area contributed by atoms with Crippen molar-refractivity contribution < 1.29 is 53.9 Å². The Morgan fingerprint density at radius 2 is 1.31 bits per heavy atom. The molecule has 0 bridgehead atoms. The summed E-state index contributed by atoms with van der Waals surface area (Å²) in [6, 6.07) is 7.34. The van der Waals surface area contributed by atoms with E-state index in [0.29, 0.717) is 6.07 Å². The van der Waals surface area contributed by atoms with Gasteiger partial charge in [-0.2, -0.15) is 13.9 Å². The van der Waals surface area contributed by atoms with Crippen LogP contribution < -0.4 is 14.1 Å². The smallest absolute Gasteiger partial charge is 0.464 e. The molecule has 0 amide bonds. The molecule has 0 saturated carbocycles. The minimum atomic E-state index is -5.30. The molecule has 3 aromatic rings. The second-order valence-corrected chi connectivity index (χ2v) is 12.0. The van der Waals surface area contributed by atoms with Gasteiger partial charge in [-0.05, 0) is 55.0 Å². The van der Waals surface area contributed by atoms with Gasteiger partial charge in [0.15, 0.2) is 0 Å². The molecule has 3 aromatic carbocycles. The fraction of sp³-hybridized carbons (Fsp3) is 0.387. The van der Waals surface area contributed by atoms with Crippen LogP contribution in [0.2, 0.25) is 0 Å². The Kier molecular flexibility index (Phi) is 13.3. The van der Waals surface area contributed by atoms with Crippen molar-refractivity contribution in [3.63, 3.8) is 0 Å². The van der Waals surface area contributed by atoms with Crippen molar-refractivity contribution in [2.75, 3.05) is 6.61 Å². The van der Waals surface area contributed by atoms with Gasteiger partial charge in [0.05, 0.1) is 6.61 Å². The number of para-hydroxylation sites is 1. The number of hydrogen-bond donors (Lipinski definition) is 1. The summed E-state index contributed by atoms with van der Waals surface area (Å²) < 4.78 is 129. The Balaban J connectivity index is 2.02. The minimum absolute atomic E-state index is 0.0434. The van der Waals surface area contributed by atoms with Crippen molar-refractivity contribution in [2.45, 2.75) is 64.8 Å². The third kappa shape index (κ3) is 10.2. The zero-order valence-electron chi connectivity index (χ0n) is 24.6. The first kappa shape index (κ1) is 35.9. The first-order chi connectivity index (χ1) is 21.4. The fourth-order valence-corrected chi connectivity index (χ4v) is 5.93. The molecule has 2 atom stereocenters. The maximum atomic E-state index is 14.6. The maximum Gasteiger partial charge on any atom is 0.513 e. The SMILES string of the molecule is CCCCC(CCCC)COC(=O)[C@H](Cc1cc(F)cc(F)c1)NP(=O)(Oc1ccccc1)Oc1c(F)c(F)c(F)c(F)c1F.